The summed E-state index contributed by atoms with van der Waals surface area (Å²) in [6, 6.07) is -0.634. The van der Waals surface area contributed by atoms with E-state index < -0.39 is 12.1 Å². The van der Waals surface area contributed by atoms with Gasteiger partial charge in [0.1, 0.15) is 0 Å². The van der Waals surface area contributed by atoms with Crippen molar-refractivity contribution in [2.75, 3.05) is 6.61 Å². The van der Waals surface area contributed by atoms with Gasteiger partial charge in [-0.25, -0.2) is 0 Å². The number of allylic oxidation sites excluding steroid dienone is 3. The van der Waals surface area contributed by atoms with Crippen molar-refractivity contribution in [3.63, 3.8) is 0 Å². The average Bonchev–Trinajstić information content (AvgIpc) is 3.19. The number of rotatable bonds is 46. The normalized spacial score (nSPS) is 13.0. The molecule has 0 rings (SSSR count). The van der Waals surface area contributed by atoms with Gasteiger partial charge < -0.3 is 15.5 Å². The minimum atomic E-state index is -0.858. The largest absolute Gasteiger partial charge is 0.394 e. The molecule has 0 aromatic carbocycles. The van der Waals surface area contributed by atoms with Gasteiger partial charge in [-0.2, -0.15) is 0 Å². The highest BCUT2D eigenvalue weighted by molar-refractivity contribution is 5.76. The fourth-order valence-corrected chi connectivity index (χ4v) is 7.84. The number of hydrogen-bond donors (Lipinski definition) is 3. The quantitative estimate of drug-likeness (QED) is 0.0426. The summed E-state index contributed by atoms with van der Waals surface area (Å²) in [6.45, 7) is 4.31. The monoisotopic (exact) mass is 774 g/mol. The van der Waals surface area contributed by atoms with Crippen LogP contribution in [-0.4, -0.2) is 34.9 Å². The predicted molar refractivity (Wildman–Crippen MR) is 244 cm³/mol. The maximum absolute atomic E-state index is 12.4. The second kappa shape index (κ2) is 47.2. The van der Waals surface area contributed by atoms with Gasteiger partial charge in [-0.3, -0.25) is 4.79 Å². The molecule has 0 saturated heterocycles. The number of carbonyl (C=O) groups is 1. The van der Waals surface area contributed by atoms with Gasteiger partial charge in [0, 0.05) is 6.42 Å². The van der Waals surface area contributed by atoms with E-state index in [1.165, 1.54) is 225 Å². The Morgan fingerprint density at radius 1 is 0.418 bits per heavy atom. The number of aliphatic hydroxyl groups is 2. The van der Waals surface area contributed by atoms with Crippen molar-refractivity contribution in [2.24, 2.45) is 0 Å². The third-order valence-corrected chi connectivity index (χ3v) is 11.7. The van der Waals surface area contributed by atoms with Crippen LogP contribution >= 0.6 is 0 Å². The smallest absolute Gasteiger partial charge is 0.220 e. The van der Waals surface area contributed by atoms with Gasteiger partial charge in [-0.15, -0.1) is 0 Å². The number of aliphatic hydroxyl groups excluding tert-OH is 2. The SMILES string of the molecule is CCCCCCCCCC/C=C/CC/C=C/C(O)C(CO)NC(=O)CCCCCCCCCCCCCCCCCCCCCCCCCCCCCCC. The number of nitrogens with one attached hydrogen (secondary N) is 1. The van der Waals surface area contributed by atoms with Crippen LogP contribution in [0.5, 0.6) is 0 Å². The first-order valence-corrected chi connectivity index (χ1v) is 25.1. The Morgan fingerprint density at radius 3 is 1.05 bits per heavy atom. The lowest BCUT2D eigenvalue weighted by Gasteiger charge is -2.19. The molecular weight excluding hydrogens is 675 g/mol. The molecule has 0 heterocycles. The number of carbonyl (C=O) groups excluding carboxylic acids is 1. The van der Waals surface area contributed by atoms with Crippen LogP contribution in [0.15, 0.2) is 24.3 Å². The summed E-state index contributed by atoms with van der Waals surface area (Å²) in [5.74, 6) is -0.0691. The Labute approximate surface area is 345 Å². The molecule has 0 aliphatic carbocycles. The predicted octanol–water partition coefficient (Wildman–Crippen LogP) is 16.0. The molecule has 4 nitrogen and oxygen atoms in total. The molecule has 3 N–H and O–H groups in total. The zero-order valence-electron chi connectivity index (χ0n) is 37.5. The molecule has 4 heteroatoms. The van der Waals surface area contributed by atoms with E-state index >= 15 is 0 Å². The van der Waals surface area contributed by atoms with Gasteiger partial charge in [0.15, 0.2) is 0 Å². The van der Waals surface area contributed by atoms with Crippen LogP contribution < -0.4 is 5.32 Å². The van der Waals surface area contributed by atoms with Crippen LogP contribution in [0, 0.1) is 0 Å². The molecule has 0 spiro atoms. The first-order valence-electron chi connectivity index (χ1n) is 25.1. The van der Waals surface area contributed by atoms with Gasteiger partial charge in [-0.1, -0.05) is 263 Å². The molecule has 0 saturated carbocycles. The Balaban J connectivity index is 3.45. The molecule has 0 aromatic heterocycles. The minimum Gasteiger partial charge on any atom is -0.394 e. The topological polar surface area (TPSA) is 69.6 Å². The minimum absolute atomic E-state index is 0.0691. The van der Waals surface area contributed by atoms with Crippen LogP contribution in [0.3, 0.4) is 0 Å². The van der Waals surface area contributed by atoms with Crippen LogP contribution in [0.1, 0.15) is 277 Å². The van der Waals surface area contributed by atoms with E-state index in [4.69, 9.17) is 0 Å². The van der Waals surface area contributed by atoms with Crippen molar-refractivity contribution in [3.05, 3.63) is 24.3 Å². The van der Waals surface area contributed by atoms with Gasteiger partial charge in [0.05, 0.1) is 18.8 Å². The fourth-order valence-electron chi connectivity index (χ4n) is 7.84. The highest BCUT2D eigenvalue weighted by Gasteiger charge is 2.17. The Morgan fingerprint density at radius 2 is 0.709 bits per heavy atom. The summed E-state index contributed by atoms with van der Waals surface area (Å²) in [5.41, 5.74) is 0. The lowest BCUT2D eigenvalue weighted by atomic mass is 10.0. The maximum atomic E-state index is 12.4. The third kappa shape index (κ3) is 43.8. The summed E-state index contributed by atoms with van der Waals surface area (Å²) in [6.07, 6.45) is 61.8. The molecular formula is C51H99NO3. The van der Waals surface area contributed by atoms with E-state index in [-0.39, 0.29) is 12.5 Å². The Hall–Kier alpha value is -1.13. The molecule has 2 unspecified atom stereocenters. The van der Waals surface area contributed by atoms with Gasteiger partial charge in [0.2, 0.25) is 5.91 Å². The molecule has 0 radical (unpaired) electrons. The Bertz CT molecular complexity index is 795. The second-order valence-corrected chi connectivity index (χ2v) is 17.2. The van der Waals surface area contributed by atoms with Crippen molar-refractivity contribution < 1.29 is 15.0 Å². The summed E-state index contributed by atoms with van der Waals surface area (Å²) in [4.78, 5) is 12.4. The first-order chi connectivity index (χ1) is 27.2. The maximum Gasteiger partial charge on any atom is 0.220 e. The lowest BCUT2D eigenvalue weighted by molar-refractivity contribution is -0.123. The number of hydrogen-bond acceptors (Lipinski definition) is 3. The van der Waals surface area contributed by atoms with E-state index in [0.717, 1.165) is 32.1 Å². The number of amides is 1. The molecule has 0 aromatic rings. The highest BCUT2D eigenvalue weighted by Crippen LogP contribution is 2.17. The first kappa shape index (κ1) is 53.9. The molecule has 326 valence electrons. The Kier molecular flexibility index (Phi) is 46.3. The standard InChI is InChI=1S/C51H99NO3/c1-3-5-7-9-11-13-15-17-19-20-21-22-23-24-25-26-27-28-29-30-31-32-33-35-37-39-41-43-45-47-51(55)52-49(48-53)50(54)46-44-42-40-38-36-34-18-16-14-12-10-8-6-4-2/h36,38,44,46,49-50,53-54H,3-35,37,39-43,45,47-48H2,1-2H3,(H,52,55)/b38-36+,46-44+. The molecule has 0 bridgehead atoms. The second-order valence-electron chi connectivity index (χ2n) is 17.2. The van der Waals surface area contributed by atoms with Crippen molar-refractivity contribution in [2.45, 2.75) is 289 Å². The van der Waals surface area contributed by atoms with E-state index in [0.29, 0.717) is 6.42 Å². The molecule has 1 amide bonds. The van der Waals surface area contributed by atoms with E-state index in [2.05, 4.69) is 31.3 Å². The van der Waals surface area contributed by atoms with E-state index in [9.17, 15) is 15.0 Å². The average molecular weight is 774 g/mol. The fraction of sp³-hybridized carbons (Fsp3) is 0.902. The summed E-state index contributed by atoms with van der Waals surface area (Å²) >= 11 is 0. The molecule has 0 aliphatic rings. The third-order valence-electron chi connectivity index (χ3n) is 11.7. The van der Waals surface area contributed by atoms with Crippen molar-refractivity contribution in [1.29, 1.82) is 0 Å². The van der Waals surface area contributed by atoms with Crippen LogP contribution in [0.4, 0.5) is 0 Å². The van der Waals surface area contributed by atoms with Crippen LogP contribution in [-0.2, 0) is 4.79 Å². The summed E-state index contributed by atoms with van der Waals surface area (Å²) < 4.78 is 0. The molecule has 0 fully saturated rings. The molecule has 0 aliphatic heterocycles. The zero-order valence-corrected chi connectivity index (χ0v) is 37.5. The van der Waals surface area contributed by atoms with Gasteiger partial charge in [-0.05, 0) is 32.1 Å². The summed E-state index contributed by atoms with van der Waals surface area (Å²) in [5, 5.41) is 23.0. The van der Waals surface area contributed by atoms with Crippen LogP contribution in [0.25, 0.3) is 0 Å². The zero-order chi connectivity index (χ0) is 40.0. The molecule has 55 heavy (non-hydrogen) atoms. The van der Waals surface area contributed by atoms with Crippen LogP contribution in [0.2, 0.25) is 0 Å². The highest BCUT2D eigenvalue weighted by atomic mass is 16.3. The van der Waals surface area contributed by atoms with Crippen molar-refractivity contribution >= 4 is 5.91 Å². The van der Waals surface area contributed by atoms with Crippen molar-refractivity contribution in [3.8, 4) is 0 Å². The molecule has 2 atom stereocenters. The van der Waals surface area contributed by atoms with Gasteiger partial charge >= 0.3 is 0 Å². The number of unbranched alkanes of at least 4 members (excludes halogenated alkanes) is 37. The van der Waals surface area contributed by atoms with E-state index in [1.54, 1.807) is 6.08 Å². The van der Waals surface area contributed by atoms with Crippen molar-refractivity contribution in [1.82, 2.24) is 5.32 Å². The summed E-state index contributed by atoms with van der Waals surface area (Å²) in [7, 11) is 0. The van der Waals surface area contributed by atoms with Gasteiger partial charge in [0.25, 0.3) is 0 Å². The van der Waals surface area contributed by atoms with E-state index in [1.807, 2.05) is 6.08 Å². The lowest BCUT2D eigenvalue weighted by Crippen LogP contribution is -2.45.